The predicted octanol–water partition coefficient (Wildman–Crippen LogP) is 4.03. The average molecular weight is 276 g/mol. The van der Waals surface area contributed by atoms with E-state index in [0.29, 0.717) is 12.5 Å². The lowest BCUT2D eigenvalue weighted by Crippen LogP contribution is -2.00. The molecule has 1 aromatic heterocycles. The van der Waals surface area contributed by atoms with Crippen LogP contribution in [0.2, 0.25) is 0 Å². The van der Waals surface area contributed by atoms with Crippen LogP contribution in [0.5, 0.6) is 5.88 Å². The third-order valence-electron chi connectivity index (χ3n) is 3.45. The van der Waals surface area contributed by atoms with Gasteiger partial charge in [0.1, 0.15) is 6.61 Å². The molecule has 21 heavy (non-hydrogen) atoms. The molecule has 3 rings (SSSR count). The topological polar surface area (TPSA) is 35.0 Å². The average Bonchev–Trinajstić information content (AvgIpc) is 2.56. The lowest BCUT2D eigenvalue weighted by molar-refractivity contribution is 0.289. The van der Waals surface area contributed by atoms with Crippen molar-refractivity contribution in [3.8, 4) is 17.0 Å². The number of nitrogens with zero attached hydrogens (tertiary/aromatic N) is 2. The van der Waals surface area contributed by atoms with E-state index >= 15 is 0 Å². The van der Waals surface area contributed by atoms with E-state index in [-0.39, 0.29) is 0 Å². The van der Waals surface area contributed by atoms with Crippen molar-refractivity contribution in [1.82, 2.24) is 10.2 Å². The number of aromatic nitrogens is 2. The molecular formula is C18H16N2O. The van der Waals surface area contributed by atoms with Crippen molar-refractivity contribution in [2.45, 2.75) is 13.5 Å². The first kappa shape index (κ1) is 13.3. The molecule has 0 N–H and O–H groups in total. The summed E-state index contributed by atoms with van der Waals surface area (Å²) in [4.78, 5) is 0. The molecule has 0 aliphatic rings. The summed E-state index contributed by atoms with van der Waals surface area (Å²) in [6.45, 7) is 2.61. The lowest BCUT2D eigenvalue weighted by atomic mass is 9.97. The lowest BCUT2D eigenvalue weighted by Gasteiger charge is -2.12. The summed E-state index contributed by atoms with van der Waals surface area (Å²) in [6, 6.07) is 20.3. The highest BCUT2D eigenvalue weighted by atomic mass is 16.5. The predicted molar refractivity (Wildman–Crippen MR) is 83.0 cm³/mol. The van der Waals surface area contributed by atoms with Gasteiger partial charge in [-0.1, -0.05) is 48.5 Å². The third kappa shape index (κ3) is 3.08. The van der Waals surface area contributed by atoms with Crippen LogP contribution in [0.4, 0.5) is 0 Å². The molecule has 0 atom stereocenters. The summed E-state index contributed by atoms with van der Waals surface area (Å²) in [5.41, 5.74) is 4.83. The summed E-state index contributed by atoms with van der Waals surface area (Å²) in [7, 11) is 0. The molecule has 1 heterocycles. The Kier molecular flexibility index (Phi) is 3.92. The van der Waals surface area contributed by atoms with Gasteiger partial charge < -0.3 is 4.74 Å². The van der Waals surface area contributed by atoms with E-state index in [2.05, 4.69) is 59.6 Å². The first-order chi connectivity index (χ1) is 10.3. The van der Waals surface area contributed by atoms with Crippen molar-refractivity contribution in [2.75, 3.05) is 0 Å². The Morgan fingerprint density at radius 1 is 0.905 bits per heavy atom. The van der Waals surface area contributed by atoms with Gasteiger partial charge >= 0.3 is 0 Å². The second-order valence-electron chi connectivity index (χ2n) is 4.81. The number of hydrogen-bond donors (Lipinski definition) is 0. The highest BCUT2D eigenvalue weighted by Gasteiger charge is 2.06. The summed E-state index contributed by atoms with van der Waals surface area (Å²) in [5.74, 6) is 0.544. The Balaban J connectivity index is 1.84. The smallest absolute Gasteiger partial charge is 0.233 e. The Morgan fingerprint density at radius 2 is 1.76 bits per heavy atom. The fourth-order valence-electron chi connectivity index (χ4n) is 2.29. The SMILES string of the molecule is Cc1c(COc2cccnn2)cccc1-c1ccccc1. The molecule has 0 bridgehead atoms. The monoisotopic (exact) mass is 276 g/mol. The quantitative estimate of drug-likeness (QED) is 0.721. The number of rotatable bonds is 4. The van der Waals surface area contributed by atoms with E-state index in [1.54, 1.807) is 6.20 Å². The van der Waals surface area contributed by atoms with Gasteiger partial charge in [-0.15, -0.1) is 5.10 Å². The van der Waals surface area contributed by atoms with Crippen LogP contribution >= 0.6 is 0 Å². The second-order valence-corrected chi connectivity index (χ2v) is 4.81. The maximum atomic E-state index is 5.69. The molecule has 104 valence electrons. The van der Waals surface area contributed by atoms with Crippen LogP contribution in [0.3, 0.4) is 0 Å². The van der Waals surface area contributed by atoms with Crippen LogP contribution in [-0.2, 0) is 6.61 Å². The minimum Gasteiger partial charge on any atom is -0.472 e. The summed E-state index contributed by atoms with van der Waals surface area (Å²) < 4.78 is 5.69. The third-order valence-corrected chi connectivity index (χ3v) is 3.45. The van der Waals surface area contributed by atoms with E-state index in [0.717, 1.165) is 5.56 Å². The molecule has 3 heteroatoms. The number of ether oxygens (including phenoxy) is 1. The molecule has 2 aromatic carbocycles. The molecule has 0 amide bonds. The van der Waals surface area contributed by atoms with E-state index in [9.17, 15) is 0 Å². The van der Waals surface area contributed by atoms with Crippen LogP contribution in [0.1, 0.15) is 11.1 Å². The Hall–Kier alpha value is -2.68. The van der Waals surface area contributed by atoms with Gasteiger partial charge in [-0.2, -0.15) is 5.10 Å². The normalized spacial score (nSPS) is 10.3. The van der Waals surface area contributed by atoms with E-state index < -0.39 is 0 Å². The molecule has 0 aliphatic carbocycles. The minimum atomic E-state index is 0.491. The highest BCUT2D eigenvalue weighted by Crippen LogP contribution is 2.26. The molecule has 0 saturated carbocycles. The first-order valence-corrected chi connectivity index (χ1v) is 6.89. The summed E-state index contributed by atoms with van der Waals surface area (Å²) in [5, 5.41) is 7.74. The van der Waals surface area contributed by atoms with Crippen LogP contribution in [-0.4, -0.2) is 10.2 Å². The van der Waals surface area contributed by atoms with Crippen molar-refractivity contribution in [2.24, 2.45) is 0 Å². The van der Waals surface area contributed by atoms with E-state index in [4.69, 9.17) is 4.74 Å². The largest absolute Gasteiger partial charge is 0.472 e. The molecular weight excluding hydrogens is 260 g/mol. The molecule has 3 aromatic rings. The van der Waals surface area contributed by atoms with E-state index in [1.807, 2.05) is 18.2 Å². The van der Waals surface area contributed by atoms with Crippen molar-refractivity contribution >= 4 is 0 Å². The van der Waals surface area contributed by atoms with Gasteiger partial charge in [-0.3, -0.25) is 0 Å². The van der Waals surface area contributed by atoms with Crippen molar-refractivity contribution < 1.29 is 4.74 Å². The summed E-state index contributed by atoms with van der Waals surface area (Å²) in [6.07, 6.45) is 1.63. The zero-order chi connectivity index (χ0) is 14.5. The molecule has 0 spiro atoms. The Labute approximate surface area is 124 Å². The molecule has 0 unspecified atom stereocenters. The van der Waals surface area contributed by atoms with Crippen molar-refractivity contribution in [3.05, 3.63) is 78.0 Å². The Bertz CT molecular complexity index is 712. The van der Waals surface area contributed by atoms with Crippen molar-refractivity contribution in [1.29, 1.82) is 0 Å². The van der Waals surface area contributed by atoms with Gasteiger partial charge in [-0.25, -0.2) is 0 Å². The van der Waals surface area contributed by atoms with Gasteiger partial charge in [0.05, 0.1) is 0 Å². The van der Waals surface area contributed by atoms with Crippen LogP contribution in [0.15, 0.2) is 66.9 Å². The zero-order valence-electron chi connectivity index (χ0n) is 11.9. The molecule has 0 fully saturated rings. The molecule has 0 radical (unpaired) electrons. The Morgan fingerprint density at radius 3 is 2.52 bits per heavy atom. The standard InChI is InChI=1S/C18H16N2O/c1-14-16(13-21-18-11-6-12-19-20-18)9-5-10-17(14)15-7-3-2-4-8-15/h2-12H,13H2,1H3. The molecule has 0 aliphatic heterocycles. The van der Waals surface area contributed by atoms with Crippen LogP contribution in [0.25, 0.3) is 11.1 Å². The number of hydrogen-bond acceptors (Lipinski definition) is 3. The number of benzene rings is 2. The van der Waals surface area contributed by atoms with Gasteiger partial charge in [0, 0.05) is 12.3 Å². The maximum Gasteiger partial charge on any atom is 0.233 e. The van der Waals surface area contributed by atoms with E-state index in [1.165, 1.54) is 16.7 Å². The van der Waals surface area contributed by atoms with Crippen LogP contribution < -0.4 is 4.74 Å². The van der Waals surface area contributed by atoms with Crippen molar-refractivity contribution in [3.63, 3.8) is 0 Å². The van der Waals surface area contributed by atoms with Gasteiger partial charge in [0.25, 0.3) is 0 Å². The zero-order valence-corrected chi connectivity index (χ0v) is 11.9. The minimum absolute atomic E-state index is 0.491. The van der Waals surface area contributed by atoms with Gasteiger partial charge in [-0.05, 0) is 35.2 Å². The summed E-state index contributed by atoms with van der Waals surface area (Å²) >= 11 is 0. The fourth-order valence-corrected chi connectivity index (χ4v) is 2.29. The molecule has 0 saturated heterocycles. The van der Waals surface area contributed by atoms with Gasteiger partial charge in [0.2, 0.25) is 5.88 Å². The van der Waals surface area contributed by atoms with Gasteiger partial charge in [0.15, 0.2) is 0 Å². The van der Waals surface area contributed by atoms with Crippen LogP contribution in [0, 0.1) is 6.92 Å². The fraction of sp³-hybridized carbons (Fsp3) is 0.111. The first-order valence-electron chi connectivity index (χ1n) is 6.89. The molecule has 3 nitrogen and oxygen atoms in total. The second kappa shape index (κ2) is 6.18. The maximum absolute atomic E-state index is 5.69. The highest BCUT2D eigenvalue weighted by molar-refractivity contribution is 5.68.